The van der Waals surface area contributed by atoms with Crippen LogP contribution in [0.25, 0.3) is 0 Å². The van der Waals surface area contributed by atoms with Gasteiger partial charge in [0.25, 0.3) is 0 Å². The second-order valence-electron chi connectivity index (χ2n) is 7.73. The molecule has 0 fully saturated rings. The largest absolute Gasteiger partial charge is 0.697 e. The summed E-state index contributed by atoms with van der Waals surface area (Å²) in [5, 5.41) is 0. The minimum absolute atomic E-state index is 0.234. The van der Waals surface area contributed by atoms with Gasteiger partial charge in [0, 0.05) is 10.1 Å². The fraction of sp³-hybridized carbons (Fsp3) is 0.750. The molecular formula is C24H42O4P+. The maximum atomic E-state index is 11.3. The fourth-order valence-corrected chi connectivity index (χ4v) is 3.77. The molecule has 0 aliphatic carbocycles. The molecule has 0 aromatic heterocycles. The average Bonchev–Trinajstić information content (AvgIpc) is 2.75. The van der Waals surface area contributed by atoms with E-state index in [9.17, 15) is 4.57 Å². The highest BCUT2D eigenvalue weighted by Crippen LogP contribution is 2.27. The van der Waals surface area contributed by atoms with Gasteiger partial charge in [-0.15, -0.1) is 9.05 Å². The van der Waals surface area contributed by atoms with Crippen LogP contribution in [0.15, 0.2) is 24.3 Å². The Kier molecular flexibility index (Phi) is 17.1. The lowest BCUT2D eigenvalue weighted by Gasteiger charge is -2.09. The molecule has 0 aliphatic rings. The van der Waals surface area contributed by atoms with Gasteiger partial charge in [0.05, 0.1) is 13.7 Å². The van der Waals surface area contributed by atoms with Gasteiger partial charge < -0.3 is 4.74 Å². The predicted octanol–water partition coefficient (Wildman–Crippen LogP) is 8.37. The van der Waals surface area contributed by atoms with E-state index in [2.05, 4.69) is 11.4 Å². The first kappa shape index (κ1) is 26.1. The van der Waals surface area contributed by atoms with E-state index in [-0.39, 0.29) is 6.61 Å². The number of benzene rings is 1. The van der Waals surface area contributed by atoms with E-state index in [1.54, 1.807) is 0 Å². The van der Waals surface area contributed by atoms with Gasteiger partial charge in [0.15, 0.2) is 0 Å². The Morgan fingerprint density at radius 3 is 1.83 bits per heavy atom. The first-order chi connectivity index (χ1) is 14.3. The maximum absolute atomic E-state index is 11.3. The molecule has 1 aromatic carbocycles. The molecule has 0 spiro atoms. The molecule has 0 bridgehead atoms. The van der Waals surface area contributed by atoms with E-state index < -0.39 is 8.25 Å². The van der Waals surface area contributed by atoms with Crippen LogP contribution in [0.5, 0.6) is 5.75 Å². The Bertz CT molecular complexity index is 521. The topological polar surface area (TPSA) is 44.8 Å². The Morgan fingerprint density at radius 1 is 0.759 bits per heavy atom. The number of para-hydroxylation sites is 1. The van der Waals surface area contributed by atoms with Gasteiger partial charge in [-0.25, -0.2) is 0 Å². The number of rotatable bonds is 20. The lowest BCUT2D eigenvalue weighted by Crippen LogP contribution is -2.00. The van der Waals surface area contributed by atoms with Gasteiger partial charge in [-0.05, 0) is 12.5 Å². The van der Waals surface area contributed by atoms with Crippen LogP contribution in [-0.4, -0.2) is 13.7 Å². The van der Waals surface area contributed by atoms with Gasteiger partial charge >= 0.3 is 8.25 Å². The summed E-state index contributed by atoms with van der Waals surface area (Å²) in [7, 11) is -0.682. The number of hydrogen-bond acceptors (Lipinski definition) is 4. The maximum Gasteiger partial charge on any atom is 0.697 e. The van der Waals surface area contributed by atoms with Crippen LogP contribution in [0.1, 0.15) is 102 Å². The first-order valence-electron chi connectivity index (χ1n) is 11.6. The normalized spacial score (nSPS) is 11.6. The van der Waals surface area contributed by atoms with E-state index in [1.807, 2.05) is 24.3 Å². The fourth-order valence-electron chi connectivity index (χ4n) is 3.42. The molecule has 29 heavy (non-hydrogen) atoms. The summed E-state index contributed by atoms with van der Waals surface area (Å²) in [6, 6.07) is 7.74. The molecule has 0 amide bonds. The molecule has 1 aromatic rings. The molecule has 4 nitrogen and oxygen atoms in total. The Balaban J connectivity index is 1.95. The van der Waals surface area contributed by atoms with Crippen LogP contribution in [0.2, 0.25) is 0 Å². The van der Waals surface area contributed by atoms with Crippen LogP contribution in [0.4, 0.5) is 0 Å². The van der Waals surface area contributed by atoms with Crippen LogP contribution in [0.3, 0.4) is 0 Å². The molecule has 0 saturated heterocycles. The SMILES string of the molecule is CCCCCCCCCCCCCCCCOc1ccccc1CO[P+](=O)OC. The highest BCUT2D eigenvalue weighted by Gasteiger charge is 2.18. The van der Waals surface area contributed by atoms with Crippen molar-refractivity contribution in [2.24, 2.45) is 0 Å². The molecule has 166 valence electrons. The molecule has 0 saturated carbocycles. The summed E-state index contributed by atoms with van der Waals surface area (Å²) in [6.07, 6.45) is 19.0. The molecule has 0 heterocycles. The Hall–Kier alpha value is -0.960. The van der Waals surface area contributed by atoms with Gasteiger partial charge in [0.2, 0.25) is 0 Å². The molecular weight excluding hydrogens is 383 g/mol. The lowest BCUT2D eigenvalue weighted by molar-refractivity contribution is 0.240. The van der Waals surface area contributed by atoms with Crippen molar-refractivity contribution < 1.29 is 18.3 Å². The van der Waals surface area contributed by atoms with E-state index in [4.69, 9.17) is 9.26 Å². The average molecular weight is 426 g/mol. The quantitative estimate of drug-likeness (QED) is 0.155. The van der Waals surface area contributed by atoms with E-state index in [0.717, 1.165) is 17.7 Å². The van der Waals surface area contributed by atoms with Crippen LogP contribution < -0.4 is 4.74 Å². The summed E-state index contributed by atoms with van der Waals surface area (Å²) in [5.41, 5.74) is 0.901. The first-order valence-corrected chi connectivity index (χ1v) is 12.7. The molecule has 1 unspecified atom stereocenters. The Morgan fingerprint density at radius 2 is 1.28 bits per heavy atom. The van der Waals surface area contributed by atoms with Gasteiger partial charge in [-0.2, -0.15) is 0 Å². The second kappa shape index (κ2) is 19.0. The van der Waals surface area contributed by atoms with Crippen molar-refractivity contribution in [1.82, 2.24) is 0 Å². The summed E-state index contributed by atoms with van der Waals surface area (Å²) in [6.45, 7) is 3.22. The zero-order chi connectivity index (χ0) is 21.0. The van der Waals surface area contributed by atoms with E-state index in [1.165, 1.54) is 90.6 Å². The number of hydrogen-bond donors (Lipinski definition) is 0. The number of ether oxygens (including phenoxy) is 1. The van der Waals surface area contributed by atoms with Crippen LogP contribution in [0, 0.1) is 0 Å². The summed E-state index contributed by atoms with van der Waals surface area (Å²) in [5.74, 6) is 0.807. The molecule has 0 radical (unpaired) electrons. The van der Waals surface area contributed by atoms with Crippen molar-refractivity contribution in [3.05, 3.63) is 29.8 Å². The predicted molar refractivity (Wildman–Crippen MR) is 122 cm³/mol. The van der Waals surface area contributed by atoms with Crippen molar-refractivity contribution in [2.75, 3.05) is 13.7 Å². The highest BCUT2D eigenvalue weighted by atomic mass is 31.1. The standard InChI is InChI=1S/C24H42O4P/c1-3-4-5-6-7-8-9-10-11-12-13-14-15-18-21-27-24-20-17-16-19-23(24)22-28-29(25)26-2/h16-17,19-20H,3-15,18,21-22H2,1-2H3/q+1. The monoisotopic (exact) mass is 425 g/mol. The van der Waals surface area contributed by atoms with Crippen molar-refractivity contribution in [3.8, 4) is 5.75 Å². The number of unbranched alkanes of at least 4 members (excludes halogenated alkanes) is 13. The summed E-state index contributed by atoms with van der Waals surface area (Å²) < 4.78 is 27.0. The molecule has 1 atom stereocenters. The van der Waals surface area contributed by atoms with Crippen molar-refractivity contribution in [2.45, 2.75) is 103 Å². The highest BCUT2D eigenvalue weighted by molar-refractivity contribution is 7.33. The zero-order valence-electron chi connectivity index (χ0n) is 18.7. The molecule has 5 heteroatoms. The molecule has 0 N–H and O–H groups in total. The van der Waals surface area contributed by atoms with Crippen molar-refractivity contribution in [3.63, 3.8) is 0 Å². The van der Waals surface area contributed by atoms with E-state index >= 15 is 0 Å². The third kappa shape index (κ3) is 14.6. The minimum atomic E-state index is -2.05. The van der Waals surface area contributed by atoms with Gasteiger partial charge in [-0.1, -0.05) is 109 Å². The second-order valence-corrected chi connectivity index (χ2v) is 8.80. The summed E-state index contributed by atoms with van der Waals surface area (Å²) >= 11 is 0. The smallest absolute Gasteiger partial charge is 0.493 e. The van der Waals surface area contributed by atoms with Crippen molar-refractivity contribution >= 4 is 8.25 Å². The van der Waals surface area contributed by atoms with Crippen LogP contribution >= 0.6 is 8.25 Å². The minimum Gasteiger partial charge on any atom is -0.493 e. The molecule has 1 rings (SSSR count). The third-order valence-electron chi connectivity index (χ3n) is 5.20. The molecule has 0 aliphatic heterocycles. The third-order valence-corrected chi connectivity index (χ3v) is 5.84. The lowest BCUT2D eigenvalue weighted by atomic mass is 10.0. The zero-order valence-corrected chi connectivity index (χ0v) is 19.6. The van der Waals surface area contributed by atoms with Crippen LogP contribution in [-0.2, 0) is 20.2 Å². The summed E-state index contributed by atoms with van der Waals surface area (Å²) in [4.78, 5) is 0. The Labute approximate surface area is 179 Å². The van der Waals surface area contributed by atoms with E-state index in [0.29, 0.717) is 6.61 Å². The van der Waals surface area contributed by atoms with Gasteiger partial charge in [0.1, 0.15) is 12.4 Å². The van der Waals surface area contributed by atoms with Gasteiger partial charge in [-0.3, -0.25) is 0 Å². The van der Waals surface area contributed by atoms with Crippen molar-refractivity contribution in [1.29, 1.82) is 0 Å².